The summed E-state index contributed by atoms with van der Waals surface area (Å²) in [5.74, 6) is 0.539. The molecule has 98 valence electrons. The van der Waals surface area contributed by atoms with Gasteiger partial charge in [0.15, 0.2) is 6.71 Å². The Morgan fingerprint density at radius 1 is 1.22 bits per heavy atom. The summed E-state index contributed by atoms with van der Waals surface area (Å²) in [6, 6.07) is 2.03. The highest BCUT2D eigenvalue weighted by Gasteiger charge is 2.48. The van der Waals surface area contributed by atoms with Crippen LogP contribution in [0.3, 0.4) is 0 Å². The molecule has 0 unspecified atom stereocenters. The summed E-state index contributed by atoms with van der Waals surface area (Å²) in [7, 11) is 1.61. The highest BCUT2D eigenvalue weighted by Crippen LogP contribution is 2.52. The van der Waals surface area contributed by atoms with Gasteiger partial charge in [-0.15, -0.1) is 0 Å². The van der Waals surface area contributed by atoms with E-state index in [1.54, 1.807) is 13.3 Å². The van der Waals surface area contributed by atoms with Crippen molar-refractivity contribution in [2.75, 3.05) is 7.11 Å². The van der Waals surface area contributed by atoms with Crippen molar-refractivity contribution in [3.8, 4) is 5.88 Å². The van der Waals surface area contributed by atoms with Gasteiger partial charge in [-0.2, -0.15) is 0 Å². The van der Waals surface area contributed by atoms with E-state index < -0.39 is 0 Å². The minimum Gasteiger partial charge on any atom is -0.480 e. The zero-order valence-electron chi connectivity index (χ0n) is 11.9. The lowest BCUT2D eigenvalue weighted by Crippen LogP contribution is -2.29. The number of hydrogen-bond acceptors (Lipinski definition) is 2. The Bertz CT molecular complexity index is 443. The summed E-state index contributed by atoms with van der Waals surface area (Å²) >= 11 is 6.39. The van der Waals surface area contributed by atoms with E-state index in [0.717, 1.165) is 12.6 Å². The first-order valence-corrected chi connectivity index (χ1v) is 6.85. The third kappa shape index (κ3) is 2.13. The molecule has 0 saturated carbocycles. The molecule has 0 N–H and O–H groups in total. The SMILES string of the molecule is COc1nccc(B2CC(C)(C)C(C)(C)C2)c1Cl. The van der Waals surface area contributed by atoms with Crippen molar-refractivity contribution in [1.29, 1.82) is 0 Å². The van der Waals surface area contributed by atoms with Crippen LogP contribution in [0.25, 0.3) is 0 Å². The summed E-state index contributed by atoms with van der Waals surface area (Å²) in [6.07, 6.45) is 4.11. The smallest absolute Gasteiger partial charge is 0.231 e. The van der Waals surface area contributed by atoms with Crippen LogP contribution in [0, 0.1) is 10.8 Å². The van der Waals surface area contributed by atoms with E-state index in [9.17, 15) is 0 Å². The Morgan fingerprint density at radius 2 is 1.78 bits per heavy atom. The van der Waals surface area contributed by atoms with Crippen molar-refractivity contribution in [3.05, 3.63) is 17.3 Å². The Morgan fingerprint density at radius 3 is 2.28 bits per heavy atom. The number of ether oxygens (including phenoxy) is 1. The van der Waals surface area contributed by atoms with E-state index in [1.165, 1.54) is 5.46 Å². The molecule has 1 saturated heterocycles. The van der Waals surface area contributed by atoms with Crippen LogP contribution < -0.4 is 10.2 Å². The highest BCUT2D eigenvalue weighted by molar-refractivity contribution is 6.76. The summed E-state index contributed by atoms with van der Waals surface area (Å²) in [6.45, 7) is 9.89. The number of hydrogen-bond donors (Lipinski definition) is 0. The zero-order valence-corrected chi connectivity index (χ0v) is 12.6. The van der Waals surface area contributed by atoms with Gasteiger partial charge in [0.2, 0.25) is 5.88 Å². The van der Waals surface area contributed by atoms with Crippen molar-refractivity contribution in [2.24, 2.45) is 10.8 Å². The number of rotatable bonds is 2. The largest absolute Gasteiger partial charge is 0.480 e. The molecule has 0 spiro atoms. The molecule has 2 rings (SSSR count). The molecule has 2 heterocycles. The Balaban J connectivity index is 2.35. The van der Waals surface area contributed by atoms with Crippen LogP contribution in [0.4, 0.5) is 0 Å². The van der Waals surface area contributed by atoms with Gasteiger partial charge in [-0.3, -0.25) is 0 Å². The molecule has 2 nitrogen and oxygen atoms in total. The minimum atomic E-state index is 0.331. The fraction of sp³-hybridized carbons (Fsp3) is 0.643. The van der Waals surface area contributed by atoms with Gasteiger partial charge in [0.25, 0.3) is 0 Å². The number of nitrogens with zero attached hydrogens (tertiary/aromatic N) is 1. The van der Waals surface area contributed by atoms with E-state index in [0.29, 0.717) is 28.4 Å². The summed E-state index contributed by atoms with van der Waals surface area (Å²) in [5, 5.41) is 0.679. The molecule has 0 bridgehead atoms. The maximum absolute atomic E-state index is 6.39. The third-order valence-electron chi connectivity index (χ3n) is 4.87. The van der Waals surface area contributed by atoms with E-state index in [-0.39, 0.29) is 0 Å². The van der Waals surface area contributed by atoms with Crippen LogP contribution in [0.5, 0.6) is 5.88 Å². The maximum Gasteiger partial charge on any atom is 0.231 e. The van der Waals surface area contributed by atoms with Gasteiger partial charge in [-0.25, -0.2) is 4.98 Å². The molecule has 0 radical (unpaired) electrons. The molecule has 18 heavy (non-hydrogen) atoms. The van der Waals surface area contributed by atoms with E-state index in [2.05, 4.69) is 32.7 Å². The van der Waals surface area contributed by atoms with E-state index in [1.807, 2.05) is 6.07 Å². The lowest BCUT2D eigenvalue weighted by Gasteiger charge is -2.35. The number of aromatic nitrogens is 1. The minimum absolute atomic E-state index is 0.331. The molecule has 1 aliphatic heterocycles. The Hall–Kier alpha value is -0.695. The second-order valence-electron chi connectivity index (χ2n) is 6.60. The molecule has 1 fully saturated rings. The van der Waals surface area contributed by atoms with E-state index >= 15 is 0 Å². The molecule has 4 heteroatoms. The first-order valence-electron chi connectivity index (χ1n) is 6.47. The summed E-state index contributed by atoms with van der Waals surface area (Å²) in [4.78, 5) is 4.15. The molecule has 0 atom stereocenters. The van der Waals surface area contributed by atoms with Gasteiger partial charge in [-0.05, 0) is 16.9 Å². The van der Waals surface area contributed by atoms with Crippen LogP contribution in [-0.2, 0) is 0 Å². The normalized spacial score (nSPS) is 21.1. The van der Waals surface area contributed by atoms with Gasteiger partial charge in [0, 0.05) is 6.20 Å². The lowest BCUT2D eigenvalue weighted by molar-refractivity contribution is 0.177. The van der Waals surface area contributed by atoms with Crippen molar-refractivity contribution in [2.45, 2.75) is 40.3 Å². The Labute approximate surface area is 115 Å². The molecule has 1 aromatic rings. The average molecular weight is 266 g/mol. The van der Waals surface area contributed by atoms with Crippen molar-refractivity contribution in [1.82, 2.24) is 4.98 Å². The van der Waals surface area contributed by atoms with Crippen molar-refractivity contribution >= 4 is 23.8 Å². The fourth-order valence-corrected chi connectivity index (χ4v) is 3.32. The van der Waals surface area contributed by atoms with Gasteiger partial charge in [-0.1, -0.05) is 57.4 Å². The van der Waals surface area contributed by atoms with Crippen LogP contribution in [0.2, 0.25) is 17.7 Å². The second-order valence-corrected chi connectivity index (χ2v) is 6.97. The number of pyridine rings is 1. The number of halogens is 1. The molecule has 0 amide bonds. The molecule has 0 aromatic carbocycles. The molecule has 1 aliphatic rings. The first kappa shape index (κ1) is 13.7. The lowest BCUT2D eigenvalue weighted by atomic mass is 9.42. The molecule has 0 aliphatic carbocycles. The Kier molecular flexibility index (Phi) is 3.39. The monoisotopic (exact) mass is 265 g/mol. The van der Waals surface area contributed by atoms with Crippen LogP contribution >= 0.6 is 11.6 Å². The molecular weight excluding hydrogens is 244 g/mol. The third-order valence-corrected chi connectivity index (χ3v) is 5.25. The summed E-state index contributed by atoms with van der Waals surface area (Å²) < 4.78 is 5.21. The first-order chi connectivity index (χ1) is 8.28. The van der Waals surface area contributed by atoms with Gasteiger partial charge >= 0.3 is 0 Å². The maximum atomic E-state index is 6.39. The van der Waals surface area contributed by atoms with Crippen LogP contribution in [0.15, 0.2) is 12.3 Å². The topological polar surface area (TPSA) is 22.1 Å². The zero-order chi connectivity index (χ0) is 13.6. The van der Waals surface area contributed by atoms with Crippen LogP contribution in [-0.4, -0.2) is 18.8 Å². The van der Waals surface area contributed by atoms with Gasteiger partial charge in [0.05, 0.1) is 12.1 Å². The van der Waals surface area contributed by atoms with Gasteiger partial charge in [0.1, 0.15) is 0 Å². The van der Waals surface area contributed by atoms with E-state index in [4.69, 9.17) is 16.3 Å². The molecular formula is C14H21BClNO. The summed E-state index contributed by atoms with van der Waals surface area (Å²) in [5.41, 5.74) is 1.84. The second kappa shape index (κ2) is 4.45. The average Bonchev–Trinajstić information content (AvgIpc) is 2.48. The predicted molar refractivity (Wildman–Crippen MR) is 78.4 cm³/mol. The fourth-order valence-electron chi connectivity index (χ4n) is 2.97. The van der Waals surface area contributed by atoms with Crippen molar-refractivity contribution < 1.29 is 4.74 Å². The molecule has 1 aromatic heterocycles. The van der Waals surface area contributed by atoms with Crippen molar-refractivity contribution in [3.63, 3.8) is 0 Å². The number of methoxy groups -OCH3 is 1. The standard InChI is InChI=1S/C14H21BClNO/c1-13(2)8-15(9-14(13,3)4)10-6-7-17-12(18-5)11(10)16/h6-7H,8-9H2,1-5H3. The quantitative estimate of drug-likeness (QED) is 0.764. The highest BCUT2D eigenvalue weighted by atomic mass is 35.5. The predicted octanol–water partition coefficient (Wildman–Crippen LogP) is 3.51. The van der Waals surface area contributed by atoms with Crippen LogP contribution in [0.1, 0.15) is 27.7 Å². The van der Waals surface area contributed by atoms with Gasteiger partial charge < -0.3 is 4.74 Å².